The highest BCUT2D eigenvalue weighted by Crippen LogP contribution is 2.11. The molecule has 0 aliphatic heterocycles. The van der Waals surface area contributed by atoms with Crippen molar-refractivity contribution in [3.05, 3.63) is 33.9 Å². The number of hydrogen-bond acceptors (Lipinski definition) is 7. The van der Waals surface area contributed by atoms with Crippen LogP contribution in [0.1, 0.15) is 21.1 Å². The molecule has 0 saturated heterocycles. The van der Waals surface area contributed by atoms with Crippen LogP contribution >= 0.6 is 23.1 Å². The molecule has 0 fully saturated rings. The number of nitrogens with zero attached hydrogens (tertiary/aromatic N) is 4. The molecular formula is C11H9N5OS2. The van der Waals surface area contributed by atoms with Gasteiger partial charge in [-0.25, -0.2) is 9.97 Å². The van der Waals surface area contributed by atoms with Crippen molar-refractivity contribution in [2.75, 3.05) is 0 Å². The Balaban J connectivity index is 1.72. The lowest BCUT2D eigenvalue weighted by atomic mass is 10.2. The molecule has 1 amide bonds. The third-order valence-electron chi connectivity index (χ3n) is 2.44. The van der Waals surface area contributed by atoms with Crippen molar-refractivity contribution in [3.63, 3.8) is 0 Å². The van der Waals surface area contributed by atoms with Gasteiger partial charge in [0.1, 0.15) is 10.5 Å². The van der Waals surface area contributed by atoms with Crippen LogP contribution in [0.5, 0.6) is 0 Å². The van der Waals surface area contributed by atoms with Gasteiger partial charge in [-0.3, -0.25) is 4.79 Å². The van der Waals surface area contributed by atoms with Crippen LogP contribution < -0.4 is 5.32 Å². The van der Waals surface area contributed by atoms with Crippen molar-refractivity contribution in [2.24, 2.45) is 0 Å². The molecule has 0 aliphatic rings. The number of aryl methyl sites for hydroxylation is 1. The first-order chi connectivity index (χ1) is 9.22. The maximum Gasteiger partial charge on any atom is 0.253 e. The molecule has 8 heteroatoms. The van der Waals surface area contributed by atoms with E-state index in [0.29, 0.717) is 23.3 Å². The number of nitrogens with one attached hydrogen (secondary N) is 1. The predicted molar refractivity (Wildman–Crippen MR) is 73.2 cm³/mol. The number of carbonyl (C=O) groups is 1. The molecule has 0 aromatic carbocycles. The van der Waals surface area contributed by atoms with E-state index < -0.39 is 0 Å². The number of carbonyl (C=O) groups excluding carboxylic acids is 1. The predicted octanol–water partition coefficient (Wildman–Crippen LogP) is 1.78. The van der Waals surface area contributed by atoms with E-state index in [9.17, 15) is 4.79 Å². The number of pyridine rings is 1. The van der Waals surface area contributed by atoms with E-state index in [1.54, 1.807) is 6.07 Å². The normalized spacial score (nSPS) is 10.8. The first-order valence-corrected chi connectivity index (χ1v) is 7.11. The molecule has 0 spiro atoms. The molecule has 3 aromatic heterocycles. The molecule has 0 radical (unpaired) electrons. The van der Waals surface area contributed by atoms with E-state index >= 15 is 0 Å². The highest BCUT2D eigenvalue weighted by Gasteiger charge is 2.09. The number of aromatic nitrogens is 4. The maximum atomic E-state index is 12.0. The van der Waals surface area contributed by atoms with Crippen molar-refractivity contribution >= 4 is 40.1 Å². The molecule has 3 heterocycles. The third-order valence-corrected chi connectivity index (χ3v) is 3.94. The second kappa shape index (κ2) is 4.98. The van der Waals surface area contributed by atoms with E-state index in [2.05, 4.69) is 24.0 Å². The number of hydrogen-bond donors (Lipinski definition) is 1. The third kappa shape index (κ3) is 2.59. The molecule has 6 nitrogen and oxygen atoms in total. The Morgan fingerprint density at radius 1 is 1.42 bits per heavy atom. The van der Waals surface area contributed by atoms with Gasteiger partial charge in [-0.1, -0.05) is 0 Å². The number of fused-ring (bicyclic) bond motifs is 1. The number of amides is 1. The van der Waals surface area contributed by atoms with Crippen LogP contribution in [-0.2, 0) is 6.54 Å². The fourth-order valence-corrected chi connectivity index (χ4v) is 2.75. The van der Waals surface area contributed by atoms with Crippen LogP contribution in [0.15, 0.2) is 17.6 Å². The van der Waals surface area contributed by atoms with Gasteiger partial charge in [0.05, 0.1) is 23.8 Å². The Morgan fingerprint density at radius 3 is 3.11 bits per heavy atom. The Morgan fingerprint density at radius 2 is 2.32 bits per heavy atom. The van der Waals surface area contributed by atoms with Crippen LogP contribution in [-0.4, -0.2) is 24.6 Å². The van der Waals surface area contributed by atoms with E-state index in [-0.39, 0.29) is 5.91 Å². The highest BCUT2D eigenvalue weighted by atomic mass is 32.1. The van der Waals surface area contributed by atoms with Crippen molar-refractivity contribution in [2.45, 2.75) is 13.5 Å². The SMILES string of the molecule is Cc1csc(CNC(=O)c2cnc3nsnc3c2)n1. The standard InChI is InChI=1S/C11H9N5OS2/c1-6-5-18-9(14-6)4-13-11(17)7-2-8-10(12-3-7)16-19-15-8/h2-3,5H,4H2,1H3,(H,13,17). The summed E-state index contributed by atoms with van der Waals surface area (Å²) in [6.07, 6.45) is 1.51. The molecule has 96 valence electrons. The largest absolute Gasteiger partial charge is 0.345 e. The summed E-state index contributed by atoms with van der Waals surface area (Å²) in [4.78, 5) is 20.3. The zero-order valence-electron chi connectivity index (χ0n) is 9.95. The van der Waals surface area contributed by atoms with E-state index in [4.69, 9.17) is 0 Å². The Bertz CT molecular complexity index is 735. The minimum absolute atomic E-state index is 0.185. The summed E-state index contributed by atoms with van der Waals surface area (Å²) in [5, 5.41) is 5.65. The van der Waals surface area contributed by atoms with Gasteiger partial charge >= 0.3 is 0 Å². The molecule has 3 rings (SSSR count). The minimum atomic E-state index is -0.185. The molecule has 0 unspecified atom stereocenters. The van der Waals surface area contributed by atoms with Crippen molar-refractivity contribution < 1.29 is 4.79 Å². The van der Waals surface area contributed by atoms with Crippen LogP contribution in [0, 0.1) is 6.92 Å². The lowest BCUT2D eigenvalue weighted by molar-refractivity contribution is 0.0950. The number of rotatable bonds is 3. The Labute approximate surface area is 116 Å². The zero-order valence-corrected chi connectivity index (χ0v) is 11.6. The summed E-state index contributed by atoms with van der Waals surface area (Å²) in [6.45, 7) is 2.35. The topological polar surface area (TPSA) is 80.7 Å². The van der Waals surface area contributed by atoms with E-state index in [1.165, 1.54) is 17.5 Å². The highest BCUT2D eigenvalue weighted by molar-refractivity contribution is 7.09. The first-order valence-electron chi connectivity index (χ1n) is 5.50. The van der Waals surface area contributed by atoms with Gasteiger partial charge in [-0.05, 0) is 13.0 Å². The van der Waals surface area contributed by atoms with Crippen molar-refractivity contribution in [3.8, 4) is 0 Å². The van der Waals surface area contributed by atoms with Crippen LogP contribution in [0.2, 0.25) is 0 Å². The molecular weight excluding hydrogens is 282 g/mol. The lowest BCUT2D eigenvalue weighted by Crippen LogP contribution is -2.22. The Kier molecular flexibility index (Phi) is 3.18. The summed E-state index contributed by atoms with van der Waals surface area (Å²) < 4.78 is 8.06. The monoisotopic (exact) mass is 291 g/mol. The van der Waals surface area contributed by atoms with Gasteiger partial charge in [-0.15, -0.1) is 11.3 Å². The lowest BCUT2D eigenvalue weighted by Gasteiger charge is -2.02. The Hall–Kier alpha value is -1.93. The summed E-state index contributed by atoms with van der Waals surface area (Å²) in [6, 6.07) is 1.69. The number of thiazole rings is 1. The second-order valence-electron chi connectivity index (χ2n) is 3.90. The molecule has 0 aliphatic carbocycles. The van der Waals surface area contributed by atoms with Crippen molar-refractivity contribution in [1.29, 1.82) is 0 Å². The van der Waals surface area contributed by atoms with E-state index in [0.717, 1.165) is 22.4 Å². The smallest absolute Gasteiger partial charge is 0.253 e. The van der Waals surface area contributed by atoms with Crippen LogP contribution in [0.25, 0.3) is 11.2 Å². The van der Waals surface area contributed by atoms with E-state index in [1.807, 2.05) is 12.3 Å². The van der Waals surface area contributed by atoms with Crippen molar-refractivity contribution in [1.82, 2.24) is 24.0 Å². The summed E-state index contributed by atoms with van der Waals surface area (Å²) in [5.41, 5.74) is 2.65. The van der Waals surface area contributed by atoms with Gasteiger partial charge in [0, 0.05) is 17.3 Å². The average molecular weight is 291 g/mol. The van der Waals surface area contributed by atoms with Gasteiger partial charge in [0.25, 0.3) is 5.91 Å². The zero-order chi connectivity index (χ0) is 13.2. The van der Waals surface area contributed by atoms with Crippen LogP contribution in [0.3, 0.4) is 0 Å². The minimum Gasteiger partial charge on any atom is -0.345 e. The van der Waals surface area contributed by atoms with Gasteiger partial charge in [0.15, 0.2) is 5.65 Å². The fourth-order valence-electron chi connectivity index (χ4n) is 1.55. The first kappa shape index (κ1) is 12.1. The summed E-state index contributed by atoms with van der Waals surface area (Å²) in [7, 11) is 0. The molecule has 19 heavy (non-hydrogen) atoms. The van der Waals surface area contributed by atoms with Gasteiger partial charge < -0.3 is 5.32 Å². The molecule has 0 saturated carbocycles. The fraction of sp³-hybridized carbons (Fsp3) is 0.182. The molecule has 0 bridgehead atoms. The van der Waals surface area contributed by atoms with Gasteiger partial charge in [-0.2, -0.15) is 8.75 Å². The maximum absolute atomic E-state index is 12.0. The summed E-state index contributed by atoms with van der Waals surface area (Å²) in [5.74, 6) is -0.185. The van der Waals surface area contributed by atoms with Crippen LogP contribution in [0.4, 0.5) is 0 Å². The second-order valence-corrected chi connectivity index (χ2v) is 5.37. The quantitative estimate of drug-likeness (QED) is 0.795. The van der Waals surface area contributed by atoms with Gasteiger partial charge in [0.2, 0.25) is 0 Å². The molecule has 1 N–H and O–H groups in total. The summed E-state index contributed by atoms with van der Waals surface area (Å²) >= 11 is 2.61. The molecule has 0 atom stereocenters. The average Bonchev–Trinajstić information content (AvgIpc) is 3.03. The molecule has 3 aromatic rings.